The molecule has 0 bridgehead atoms. The van der Waals surface area contributed by atoms with Crippen LogP contribution in [0.5, 0.6) is 5.75 Å². The molecule has 1 aromatic carbocycles. The fourth-order valence-electron chi connectivity index (χ4n) is 4.23. The number of rotatable bonds is 7. The van der Waals surface area contributed by atoms with Gasteiger partial charge in [-0.25, -0.2) is 0 Å². The van der Waals surface area contributed by atoms with Gasteiger partial charge in [-0.05, 0) is 55.9 Å². The second kappa shape index (κ2) is 11.7. The minimum atomic E-state index is -0.699. The van der Waals surface area contributed by atoms with E-state index in [1.54, 1.807) is 38.4 Å². The summed E-state index contributed by atoms with van der Waals surface area (Å²) in [5.74, 6) is -0.334. The molecule has 2 N–H and O–H groups in total. The molecular weight excluding hydrogens is 424 g/mol. The first-order chi connectivity index (χ1) is 15.8. The molecule has 0 unspecified atom stereocenters. The second-order valence-corrected chi connectivity index (χ2v) is 9.04. The Morgan fingerprint density at radius 1 is 1.00 bits per heavy atom. The minimum Gasteiger partial charge on any atom is -0.484 e. The highest BCUT2D eigenvalue weighted by Gasteiger charge is 2.28. The molecule has 0 aromatic heterocycles. The summed E-state index contributed by atoms with van der Waals surface area (Å²) in [6, 6.07) is 6.54. The number of benzene rings is 1. The smallest absolute Gasteiger partial charge is 0.313 e. The number of nitrogens with zero attached hydrogens (tertiary/aromatic N) is 2. The maximum atomic E-state index is 12.5. The van der Waals surface area contributed by atoms with Crippen LogP contribution >= 0.6 is 0 Å². The lowest BCUT2D eigenvalue weighted by atomic mass is 10.0. The van der Waals surface area contributed by atoms with Gasteiger partial charge in [0.15, 0.2) is 6.61 Å². The number of ether oxygens (including phenoxy) is 1. The van der Waals surface area contributed by atoms with Crippen molar-refractivity contribution in [2.75, 3.05) is 39.1 Å². The summed E-state index contributed by atoms with van der Waals surface area (Å²) in [5.41, 5.74) is 0.466. The molecule has 1 saturated heterocycles. The number of likely N-dealkylation sites (tertiary alicyclic amines) is 1. The van der Waals surface area contributed by atoms with Gasteiger partial charge in [-0.2, -0.15) is 0 Å². The number of carbonyl (C=O) groups excluding carboxylic acids is 4. The molecule has 3 rings (SSSR count). The van der Waals surface area contributed by atoms with Crippen LogP contribution in [0.4, 0.5) is 5.69 Å². The Bertz CT molecular complexity index is 841. The zero-order valence-corrected chi connectivity index (χ0v) is 19.5. The normalized spacial score (nSPS) is 16.8. The molecule has 1 saturated carbocycles. The Morgan fingerprint density at radius 2 is 1.64 bits per heavy atom. The number of piperidine rings is 1. The first kappa shape index (κ1) is 24.5. The predicted octanol–water partition coefficient (Wildman–Crippen LogP) is 1.78. The third-order valence-electron chi connectivity index (χ3n) is 6.26. The van der Waals surface area contributed by atoms with Gasteiger partial charge in [0.25, 0.3) is 5.91 Å². The molecule has 180 valence electrons. The van der Waals surface area contributed by atoms with Gasteiger partial charge >= 0.3 is 11.8 Å². The number of nitrogens with one attached hydrogen (secondary N) is 2. The van der Waals surface area contributed by atoms with Crippen LogP contribution in [-0.2, 0) is 19.2 Å². The van der Waals surface area contributed by atoms with Gasteiger partial charge in [-0.3, -0.25) is 19.2 Å². The SMILES string of the molecule is CN(C)C(=O)COc1ccc(NC(=O)C(=O)N2CCC(NC(=O)CC3CCCC3)CC2)cc1. The van der Waals surface area contributed by atoms with Gasteiger partial charge in [0.1, 0.15) is 5.75 Å². The number of anilines is 1. The molecule has 2 fully saturated rings. The van der Waals surface area contributed by atoms with E-state index in [4.69, 9.17) is 4.74 Å². The van der Waals surface area contributed by atoms with Gasteiger partial charge < -0.3 is 25.2 Å². The largest absolute Gasteiger partial charge is 0.484 e. The quantitative estimate of drug-likeness (QED) is 0.606. The van der Waals surface area contributed by atoms with Crippen LogP contribution in [0.2, 0.25) is 0 Å². The van der Waals surface area contributed by atoms with E-state index in [2.05, 4.69) is 10.6 Å². The fraction of sp³-hybridized carbons (Fsp3) is 0.583. The lowest BCUT2D eigenvalue weighted by Crippen LogP contribution is -2.49. The number of likely N-dealkylation sites (N-methyl/N-ethyl adjacent to an activating group) is 1. The maximum Gasteiger partial charge on any atom is 0.313 e. The van der Waals surface area contributed by atoms with Crippen LogP contribution in [0.15, 0.2) is 24.3 Å². The van der Waals surface area contributed by atoms with Gasteiger partial charge in [0.2, 0.25) is 5.91 Å². The van der Waals surface area contributed by atoms with Crippen molar-refractivity contribution in [2.45, 2.75) is 51.0 Å². The highest BCUT2D eigenvalue weighted by molar-refractivity contribution is 6.39. The zero-order chi connectivity index (χ0) is 23.8. The molecule has 1 aliphatic carbocycles. The first-order valence-electron chi connectivity index (χ1n) is 11.6. The van der Waals surface area contributed by atoms with E-state index in [0.29, 0.717) is 49.7 Å². The highest BCUT2D eigenvalue weighted by atomic mass is 16.5. The molecule has 0 spiro atoms. The third-order valence-corrected chi connectivity index (χ3v) is 6.26. The summed E-state index contributed by atoms with van der Waals surface area (Å²) in [5, 5.41) is 5.69. The Balaban J connectivity index is 1.39. The van der Waals surface area contributed by atoms with Gasteiger partial charge in [0.05, 0.1) is 0 Å². The lowest BCUT2D eigenvalue weighted by molar-refractivity contribution is -0.144. The molecule has 9 nitrogen and oxygen atoms in total. The minimum absolute atomic E-state index is 0.0536. The van der Waals surface area contributed by atoms with Crippen molar-refractivity contribution < 1.29 is 23.9 Å². The Hall–Kier alpha value is -3.10. The highest BCUT2D eigenvalue weighted by Crippen LogP contribution is 2.27. The Kier molecular flexibility index (Phi) is 8.68. The second-order valence-electron chi connectivity index (χ2n) is 9.04. The molecule has 1 aromatic rings. The standard InChI is InChI=1S/C24H34N4O5/c1-27(2)22(30)16-33-20-9-7-18(8-10-20)26-23(31)24(32)28-13-11-19(12-14-28)25-21(29)15-17-5-3-4-6-17/h7-10,17,19H,3-6,11-16H2,1-2H3,(H,25,29)(H,26,31). The van der Waals surface area contributed by atoms with E-state index in [0.717, 1.165) is 12.8 Å². The topological polar surface area (TPSA) is 108 Å². The third kappa shape index (κ3) is 7.47. The average molecular weight is 459 g/mol. The van der Waals surface area contributed by atoms with Crippen molar-refractivity contribution in [3.05, 3.63) is 24.3 Å². The van der Waals surface area contributed by atoms with Crippen LogP contribution < -0.4 is 15.4 Å². The van der Waals surface area contributed by atoms with Crippen molar-refractivity contribution in [2.24, 2.45) is 5.92 Å². The van der Waals surface area contributed by atoms with Crippen molar-refractivity contribution in [3.8, 4) is 5.75 Å². The van der Waals surface area contributed by atoms with Crippen molar-refractivity contribution in [1.29, 1.82) is 0 Å². The maximum absolute atomic E-state index is 12.5. The average Bonchev–Trinajstić information content (AvgIpc) is 3.31. The first-order valence-corrected chi connectivity index (χ1v) is 11.6. The summed E-state index contributed by atoms with van der Waals surface area (Å²) in [6.07, 6.45) is 6.60. The van der Waals surface area contributed by atoms with Crippen LogP contribution in [-0.4, -0.2) is 73.3 Å². The molecule has 0 atom stereocenters. The van der Waals surface area contributed by atoms with E-state index in [9.17, 15) is 19.2 Å². The Morgan fingerprint density at radius 3 is 2.24 bits per heavy atom. The summed E-state index contributed by atoms with van der Waals surface area (Å²) < 4.78 is 5.40. The fourth-order valence-corrected chi connectivity index (χ4v) is 4.23. The van der Waals surface area contributed by atoms with Crippen LogP contribution in [0, 0.1) is 5.92 Å². The number of hydrogen-bond donors (Lipinski definition) is 2. The molecule has 1 heterocycles. The number of amides is 4. The van der Waals surface area contributed by atoms with Crippen LogP contribution in [0.3, 0.4) is 0 Å². The van der Waals surface area contributed by atoms with Gasteiger partial charge in [0, 0.05) is 45.3 Å². The lowest BCUT2D eigenvalue weighted by Gasteiger charge is -2.32. The van der Waals surface area contributed by atoms with Crippen LogP contribution in [0.25, 0.3) is 0 Å². The molecule has 33 heavy (non-hydrogen) atoms. The van der Waals surface area contributed by atoms with Gasteiger partial charge in [-0.15, -0.1) is 0 Å². The van der Waals surface area contributed by atoms with E-state index in [-0.39, 0.29) is 24.5 Å². The summed E-state index contributed by atoms with van der Waals surface area (Å²) in [6.45, 7) is 0.800. The Labute approximate surface area is 194 Å². The van der Waals surface area contributed by atoms with E-state index in [1.807, 2.05) is 0 Å². The zero-order valence-electron chi connectivity index (χ0n) is 19.5. The molecule has 2 aliphatic rings. The summed E-state index contributed by atoms with van der Waals surface area (Å²) in [7, 11) is 3.30. The molecule has 0 radical (unpaired) electrons. The number of hydrogen-bond acceptors (Lipinski definition) is 5. The molecule has 4 amide bonds. The number of carbonyl (C=O) groups is 4. The van der Waals surface area contributed by atoms with Crippen molar-refractivity contribution >= 4 is 29.3 Å². The van der Waals surface area contributed by atoms with E-state index < -0.39 is 11.8 Å². The monoisotopic (exact) mass is 458 g/mol. The summed E-state index contributed by atoms with van der Waals surface area (Å²) >= 11 is 0. The predicted molar refractivity (Wildman–Crippen MR) is 124 cm³/mol. The van der Waals surface area contributed by atoms with Crippen LogP contribution in [0.1, 0.15) is 44.9 Å². The van der Waals surface area contributed by atoms with Crippen molar-refractivity contribution in [1.82, 2.24) is 15.1 Å². The molecular formula is C24H34N4O5. The van der Waals surface area contributed by atoms with E-state index >= 15 is 0 Å². The molecule has 1 aliphatic heterocycles. The van der Waals surface area contributed by atoms with Gasteiger partial charge in [-0.1, -0.05) is 12.8 Å². The summed E-state index contributed by atoms with van der Waals surface area (Å²) in [4.78, 5) is 51.7. The van der Waals surface area contributed by atoms with E-state index in [1.165, 1.54) is 22.6 Å². The van der Waals surface area contributed by atoms with Crippen molar-refractivity contribution in [3.63, 3.8) is 0 Å². The molecule has 9 heteroatoms.